The van der Waals surface area contributed by atoms with Crippen LogP contribution in [-0.2, 0) is 6.54 Å². The summed E-state index contributed by atoms with van der Waals surface area (Å²) >= 11 is 0. The molecule has 0 bridgehead atoms. The summed E-state index contributed by atoms with van der Waals surface area (Å²) in [5.74, 6) is 1.16. The molecule has 0 amide bonds. The topological polar surface area (TPSA) is 64.4 Å². The number of nitrogens with one attached hydrogen (secondary N) is 1. The van der Waals surface area contributed by atoms with Crippen molar-refractivity contribution in [1.82, 2.24) is 5.32 Å². The number of hydrogen-bond acceptors (Lipinski definition) is 4. The zero-order chi connectivity index (χ0) is 15.2. The Bertz CT molecular complexity index is 626. The van der Waals surface area contributed by atoms with E-state index in [2.05, 4.69) is 19.2 Å². The second-order valence-electron chi connectivity index (χ2n) is 5.00. The minimum atomic E-state index is -0.431. The lowest BCUT2D eigenvalue weighted by atomic mass is 10.2. The second kappa shape index (κ2) is 6.85. The summed E-state index contributed by atoms with van der Waals surface area (Å²) in [6, 6.07) is 14.2. The number of non-ortho nitro benzene ring substituents is 1. The van der Waals surface area contributed by atoms with Gasteiger partial charge in [0.15, 0.2) is 0 Å². The second-order valence-corrected chi connectivity index (χ2v) is 5.00. The van der Waals surface area contributed by atoms with Crippen LogP contribution in [0.5, 0.6) is 11.5 Å². The smallest absolute Gasteiger partial charge is 0.273 e. The van der Waals surface area contributed by atoms with Gasteiger partial charge in [-0.15, -0.1) is 0 Å². The average molecular weight is 286 g/mol. The van der Waals surface area contributed by atoms with Crippen LogP contribution in [0.3, 0.4) is 0 Å². The van der Waals surface area contributed by atoms with E-state index in [4.69, 9.17) is 4.74 Å². The molecule has 2 aromatic rings. The van der Waals surface area contributed by atoms with Crippen LogP contribution in [0, 0.1) is 10.1 Å². The molecule has 0 unspecified atom stereocenters. The number of benzene rings is 2. The van der Waals surface area contributed by atoms with Gasteiger partial charge in [-0.3, -0.25) is 10.1 Å². The summed E-state index contributed by atoms with van der Waals surface area (Å²) in [6.07, 6.45) is 0. The fourth-order valence-electron chi connectivity index (χ4n) is 1.85. The zero-order valence-corrected chi connectivity index (χ0v) is 12.1. The lowest BCUT2D eigenvalue weighted by Crippen LogP contribution is -2.22. The van der Waals surface area contributed by atoms with Crippen LogP contribution in [0.2, 0.25) is 0 Å². The number of nitro benzene ring substituents is 1. The fraction of sp³-hybridized carbons (Fsp3) is 0.250. The predicted molar refractivity (Wildman–Crippen MR) is 81.6 cm³/mol. The van der Waals surface area contributed by atoms with E-state index in [1.165, 1.54) is 12.1 Å². The normalized spacial score (nSPS) is 10.6. The van der Waals surface area contributed by atoms with Crippen molar-refractivity contribution in [1.29, 1.82) is 0 Å². The molecule has 2 rings (SSSR count). The molecule has 0 aromatic heterocycles. The van der Waals surface area contributed by atoms with Crippen LogP contribution in [0.25, 0.3) is 0 Å². The molecule has 0 spiro atoms. The highest BCUT2D eigenvalue weighted by Gasteiger charge is 2.09. The first-order valence-electron chi connectivity index (χ1n) is 6.80. The zero-order valence-electron chi connectivity index (χ0n) is 12.1. The Morgan fingerprint density at radius 3 is 2.67 bits per heavy atom. The third kappa shape index (κ3) is 4.29. The van der Waals surface area contributed by atoms with Gasteiger partial charge in [0.2, 0.25) is 0 Å². The van der Waals surface area contributed by atoms with Gasteiger partial charge in [-0.05, 0) is 12.1 Å². The molecule has 1 N–H and O–H groups in total. The largest absolute Gasteiger partial charge is 0.457 e. The number of ether oxygens (including phenoxy) is 1. The van der Waals surface area contributed by atoms with E-state index >= 15 is 0 Å². The van der Waals surface area contributed by atoms with Gasteiger partial charge in [0.1, 0.15) is 11.5 Å². The molecule has 110 valence electrons. The monoisotopic (exact) mass is 286 g/mol. The van der Waals surface area contributed by atoms with Crippen molar-refractivity contribution in [2.75, 3.05) is 0 Å². The number of nitro groups is 1. The van der Waals surface area contributed by atoms with E-state index in [0.717, 1.165) is 5.56 Å². The summed E-state index contributed by atoms with van der Waals surface area (Å²) in [5, 5.41) is 14.1. The standard InChI is InChI=1S/C16H18N2O3/c1-12(2)17-11-13-6-3-4-9-16(13)21-15-8-5-7-14(10-15)18(19)20/h3-10,12,17H,11H2,1-2H3. The van der Waals surface area contributed by atoms with Gasteiger partial charge in [-0.25, -0.2) is 0 Å². The molecule has 0 saturated heterocycles. The van der Waals surface area contributed by atoms with Crippen molar-refractivity contribution in [2.45, 2.75) is 26.4 Å². The molecule has 0 aliphatic rings. The van der Waals surface area contributed by atoms with Crippen LogP contribution in [0.1, 0.15) is 19.4 Å². The van der Waals surface area contributed by atoms with Crippen LogP contribution in [0.15, 0.2) is 48.5 Å². The van der Waals surface area contributed by atoms with Crippen molar-refractivity contribution in [2.24, 2.45) is 0 Å². The van der Waals surface area contributed by atoms with Crippen molar-refractivity contribution < 1.29 is 9.66 Å². The molecule has 5 nitrogen and oxygen atoms in total. The van der Waals surface area contributed by atoms with E-state index < -0.39 is 4.92 Å². The lowest BCUT2D eigenvalue weighted by molar-refractivity contribution is -0.384. The average Bonchev–Trinajstić information content (AvgIpc) is 2.46. The number of hydrogen-bond donors (Lipinski definition) is 1. The quantitative estimate of drug-likeness (QED) is 0.646. The van der Waals surface area contributed by atoms with Gasteiger partial charge in [-0.2, -0.15) is 0 Å². The molecule has 0 saturated carbocycles. The molecular formula is C16H18N2O3. The minimum absolute atomic E-state index is 0.0188. The van der Waals surface area contributed by atoms with Crippen molar-refractivity contribution in [3.8, 4) is 11.5 Å². The van der Waals surface area contributed by atoms with Gasteiger partial charge < -0.3 is 10.1 Å². The summed E-state index contributed by atoms with van der Waals surface area (Å²) in [6.45, 7) is 4.83. The maximum absolute atomic E-state index is 10.8. The minimum Gasteiger partial charge on any atom is -0.457 e. The molecule has 2 aromatic carbocycles. The first-order valence-corrected chi connectivity index (χ1v) is 6.80. The molecule has 5 heteroatoms. The Morgan fingerprint density at radius 2 is 1.95 bits per heavy atom. The maximum atomic E-state index is 10.8. The van der Waals surface area contributed by atoms with Crippen molar-refractivity contribution >= 4 is 5.69 Å². The molecule has 0 aliphatic heterocycles. The van der Waals surface area contributed by atoms with Crippen molar-refractivity contribution in [3.05, 3.63) is 64.2 Å². The highest BCUT2D eigenvalue weighted by Crippen LogP contribution is 2.27. The Kier molecular flexibility index (Phi) is 4.90. The lowest BCUT2D eigenvalue weighted by Gasteiger charge is -2.13. The summed E-state index contributed by atoms with van der Waals surface area (Å²) < 4.78 is 5.79. The third-order valence-electron chi connectivity index (χ3n) is 2.93. The van der Waals surface area contributed by atoms with Crippen LogP contribution in [0.4, 0.5) is 5.69 Å². The van der Waals surface area contributed by atoms with Gasteiger partial charge in [0.25, 0.3) is 5.69 Å². The maximum Gasteiger partial charge on any atom is 0.273 e. The Balaban J connectivity index is 2.19. The molecule has 0 fully saturated rings. The predicted octanol–water partition coefficient (Wildman–Crippen LogP) is 3.89. The molecular weight excluding hydrogens is 268 g/mol. The number of nitrogens with zero attached hydrogens (tertiary/aromatic N) is 1. The van der Waals surface area contributed by atoms with Gasteiger partial charge in [-0.1, -0.05) is 38.1 Å². The SMILES string of the molecule is CC(C)NCc1ccccc1Oc1cccc([N+](=O)[O-])c1. The molecule has 21 heavy (non-hydrogen) atoms. The van der Waals surface area contributed by atoms with E-state index in [1.54, 1.807) is 12.1 Å². The number of para-hydroxylation sites is 1. The van der Waals surface area contributed by atoms with Gasteiger partial charge in [0.05, 0.1) is 11.0 Å². The van der Waals surface area contributed by atoms with Crippen LogP contribution < -0.4 is 10.1 Å². The Morgan fingerprint density at radius 1 is 1.19 bits per heavy atom. The molecule has 0 radical (unpaired) electrons. The molecule has 0 atom stereocenters. The fourth-order valence-corrected chi connectivity index (χ4v) is 1.85. The van der Waals surface area contributed by atoms with Crippen LogP contribution in [-0.4, -0.2) is 11.0 Å². The summed E-state index contributed by atoms with van der Waals surface area (Å²) in [5.41, 5.74) is 1.03. The molecule has 0 aliphatic carbocycles. The number of rotatable bonds is 6. The van der Waals surface area contributed by atoms with E-state index in [1.807, 2.05) is 24.3 Å². The molecule has 0 heterocycles. The first-order chi connectivity index (χ1) is 10.1. The summed E-state index contributed by atoms with van der Waals surface area (Å²) in [7, 11) is 0. The van der Waals surface area contributed by atoms with Gasteiger partial charge >= 0.3 is 0 Å². The Hall–Kier alpha value is -2.40. The first kappa shape index (κ1) is 15.0. The van der Waals surface area contributed by atoms with E-state index in [-0.39, 0.29) is 5.69 Å². The Labute approximate surface area is 123 Å². The van der Waals surface area contributed by atoms with Crippen LogP contribution >= 0.6 is 0 Å². The third-order valence-corrected chi connectivity index (χ3v) is 2.93. The summed E-state index contributed by atoms with van der Waals surface area (Å²) in [4.78, 5) is 10.4. The van der Waals surface area contributed by atoms with Gasteiger partial charge in [0, 0.05) is 24.2 Å². The van der Waals surface area contributed by atoms with E-state index in [0.29, 0.717) is 24.1 Å². The highest BCUT2D eigenvalue weighted by atomic mass is 16.6. The van der Waals surface area contributed by atoms with E-state index in [9.17, 15) is 10.1 Å². The highest BCUT2D eigenvalue weighted by molar-refractivity contribution is 5.42. The van der Waals surface area contributed by atoms with Crippen molar-refractivity contribution in [3.63, 3.8) is 0 Å².